The Kier molecular flexibility index (Phi) is 6.71. The van der Waals surface area contributed by atoms with Crippen LogP contribution in [-0.4, -0.2) is 41.7 Å². The molecule has 8 nitrogen and oxygen atoms in total. The summed E-state index contributed by atoms with van der Waals surface area (Å²) in [5.41, 5.74) is -0.497. The molecule has 202 valence electrons. The van der Waals surface area contributed by atoms with Crippen molar-refractivity contribution in [1.29, 1.82) is 0 Å². The van der Waals surface area contributed by atoms with E-state index in [1.54, 1.807) is 0 Å². The Morgan fingerprint density at radius 3 is 2.50 bits per heavy atom. The molecule has 0 spiro atoms. The van der Waals surface area contributed by atoms with Crippen molar-refractivity contribution < 1.29 is 35.2 Å². The highest BCUT2D eigenvalue weighted by atomic mass is 32.2. The number of nitrogens with one attached hydrogen (secondary N) is 2. The first-order valence-electron chi connectivity index (χ1n) is 11.8. The highest BCUT2D eigenvalue weighted by Crippen LogP contribution is 2.42. The molecule has 1 aromatic carbocycles. The molecule has 2 N–H and O–H groups in total. The number of carbonyl (C=O) groups excluding carboxylic acids is 1. The molecule has 0 bridgehead atoms. The van der Waals surface area contributed by atoms with Crippen LogP contribution in [0.1, 0.15) is 54.1 Å². The van der Waals surface area contributed by atoms with Crippen LogP contribution in [0.25, 0.3) is 5.69 Å². The van der Waals surface area contributed by atoms with E-state index in [2.05, 4.69) is 15.4 Å². The predicted molar refractivity (Wildman–Crippen MR) is 124 cm³/mol. The number of pyridine rings is 1. The third kappa shape index (κ3) is 5.27. The van der Waals surface area contributed by atoms with E-state index in [9.17, 15) is 30.8 Å². The number of nitrogens with zero attached hydrogens (tertiary/aromatic N) is 3. The van der Waals surface area contributed by atoms with Gasteiger partial charge in [-0.1, -0.05) is 0 Å². The van der Waals surface area contributed by atoms with Crippen LogP contribution in [0.5, 0.6) is 0 Å². The smallest absolute Gasteiger partial charge is 0.306 e. The van der Waals surface area contributed by atoms with E-state index in [4.69, 9.17) is 0 Å². The maximum absolute atomic E-state index is 15.4. The van der Waals surface area contributed by atoms with Gasteiger partial charge in [-0.15, -0.1) is 0 Å². The van der Waals surface area contributed by atoms with Gasteiger partial charge in [0.05, 0.1) is 23.6 Å². The van der Waals surface area contributed by atoms with Gasteiger partial charge in [0, 0.05) is 24.1 Å². The second kappa shape index (κ2) is 9.73. The first-order chi connectivity index (χ1) is 17.9. The van der Waals surface area contributed by atoms with Crippen LogP contribution in [0.3, 0.4) is 0 Å². The van der Waals surface area contributed by atoms with Gasteiger partial charge in [-0.25, -0.2) is 31.6 Å². The SMILES string of the molecule is O=C(NS(=O)(=O)c1ccc(F)c(Cc2cn(-c3ccc(C(F)(F)F)nc3)nc2C2CC2)c1F)C1CCCN1. The van der Waals surface area contributed by atoms with Gasteiger partial charge in [-0.2, -0.15) is 18.3 Å². The average Bonchev–Trinajstić information content (AvgIpc) is 3.36. The molecule has 3 heterocycles. The molecule has 2 aliphatic rings. The number of amides is 1. The maximum Gasteiger partial charge on any atom is 0.433 e. The number of alkyl halides is 3. The summed E-state index contributed by atoms with van der Waals surface area (Å²) in [7, 11) is -4.63. The second-order valence-corrected chi connectivity index (χ2v) is 10.9. The standard InChI is InChI=1S/C24H22F5N5O3S/c25-17-6-7-19(38(36,37)33-23(35)18-2-1-9-30-18)21(26)16(17)10-14-12-34(32-22(14)13-3-4-13)15-5-8-20(31-11-15)24(27,28)29/h5-8,11-13,18,30H,1-4,9-10H2,(H,33,35). The number of aromatic nitrogens is 3. The lowest BCUT2D eigenvalue weighted by Gasteiger charge is -2.14. The average molecular weight is 556 g/mol. The van der Waals surface area contributed by atoms with Gasteiger partial charge in [0.25, 0.3) is 15.9 Å². The van der Waals surface area contributed by atoms with Crippen molar-refractivity contribution in [2.75, 3.05) is 6.54 Å². The molecule has 2 fully saturated rings. The van der Waals surface area contributed by atoms with E-state index in [0.717, 1.165) is 37.2 Å². The fraction of sp³-hybridized carbons (Fsp3) is 0.375. The lowest BCUT2D eigenvalue weighted by atomic mass is 10.0. The molecular weight excluding hydrogens is 533 g/mol. The minimum atomic E-state index is -4.63. The summed E-state index contributed by atoms with van der Waals surface area (Å²) >= 11 is 0. The highest BCUT2D eigenvalue weighted by Gasteiger charge is 2.34. The van der Waals surface area contributed by atoms with Gasteiger partial charge in [0.2, 0.25) is 0 Å². The largest absolute Gasteiger partial charge is 0.433 e. The molecule has 1 aliphatic heterocycles. The van der Waals surface area contributed by atoms with Crippen LogP contribution in [-0.2, 0) is 27.4 Å². The van der Waals surface area contributed by atoms with E-state index in [1.807, 2.05) is 4.72 Å². The van der Waals surface area contributed by atoms with Gasteiger partial charge in [0.1, 0.15) is 22.2 Å². The van der Waals surface area contributed by atoms with Gasteiger partial charge >= 0.3 is 6.18 Å². The zero-order chi connectivity index (χ0) is 27.2. The van der Waals surface area contributed by atoms with Crippen molar-refractivity contribution in [2.24, 2.45) is 0 Å². The topological polar surface area (TPSA) is 106 Å². The van der Waals surface area contributed by atoms with Crippen molar-refractivity contribution in [1.82, 2.24) is 24.8 Å². The number of sulfonamides is 1. The number of carbonyl (C=O) groups is 1. The van der Waals surface area contributed by atoms with Crippen LogP contribution in [0.15, 0.2) is 41.6 Å². The maximum atomic E-state index is 15.4. The number of benzene rings is 1. The molecule has 14 heteroatoms. The first-order valence-corrected chi connectivity index (χ1v) is 13.3. The quantitative estimate of drug-likeness (QED) is 0.432. The van der Waals surface area contributed by atoms with E-state index in [1.165, 1.54) is 16.9 Å². The fourth-order valence-electron chi connectivity index (χ4n) is 4.38. The molecule has 1 aliphatic carbocycles. The number of rotatable bonds is 7. The summed E-state index contributed by atoms with van der Waals surface area (Å²) < 4.78 is 97.5. The molecule has 1 unspecified atom stereocenters. The van der Waals surface area contributed by atoms with Gasteiger partial charge in [-0.05, 0) is 62.1 Å². The Balaban J connectivity index is 1.45. The normalized spacial score (nSPS) is 18.1. The molecule has 1 saturated carbocycles. The summed E-state index contributed by atoms with van der Waals surface area (Å²) in [5, 5.41) is 7.26. The first kappa shape index (κ1) is 26.2. The molecule has 5 rings (SSSR count). The molecule has 2 aromatic heterocycles. The summed E-state index contributed by atoms with van der Waals surface area (Å²) in [6.45, 7) is 0.548. The summed E-state index contributed by atoms with van der Waals surface area (Å²) in [6, 6.07) is 2.83. The minimum absolute atomic E-state index is 0.00453. The Bertz CT molecular complexity index is 1480. The molecular formula is C24H22F5N5O3S. The molecule has 38 heavy (non-hydrogen) atoms. The zero-order valence-electron chi connectivity index (χ0n) is 19.7. The summed E-state index contributed by atoms with van der Waals surface area (Å²) in [5.74, 6) is -3.15. The van der Waals surface area contributed by atoms with Crippen molar-refractivity contribution in [3.05, 3.63) is 70.8 Å². The van der Waals surface area contributed by atoms with Crippen LogP contribution < -0.4 is 10.0 Å². The lowest BCUT2D eigenvalue weighted by Crippen LogP contribution is -2.43. The molecule has 0 radical (unpaired) electrons. The lowest BCUT2D eigenvalue weighted by molar-refractivity contribution is -0.141. The Hall–Kier alpha value is -3.39. The van der Waals surface area contributed by atoms with Crippen molar-refractivity contribution in [2.45, 2.75) is 55.1 Å². The zero-order valence-corrected chi connectivity index (χ0v) is 20.5. The second-order valence-electron chi connectivity index (χ2n) is 9.29. The van der Waals surface area contributed by atoms with Crippen molar-refractivity contribution >= 4 is 15.9 Å². The predicted octanol–water partition coefficient (Wildman–Crippen LogP) is 3.59. The van der Waals surface area contributed by atoms with Gasteiger partial charge in [-0.3, -0.25) is 4.79 Å². The Morgan fingerprint density at radius 1 is 1.13 bits per heavy atom. The summed E-state index contributed by atoms with van der Waals surface area (Å²) in [6.07, 6.45) is 0.122. The number of halogens is 5. The number of hydrogen-bond acceptors (Lipinski definition) is 6. The Labute approximate surface area is 214 Å². The van der Waals surface area contributed by atoms with E-state index in [0.29, 0.717) is 30.6 Å². The van der Waals surface area contributed by atoms with Crippen molar-refractivity contribution in [3.63, 3.8) is 0 Å². The Morgan fingerprint density at radius 2 is 1.89 bits per heavy atom. The van der Waals surface area contributed by atoms with E-state index >= 15 is 4.39 Å². The number of hydrogen-bond donors (Lipinski definition) is 2. The van der Waals surface area contributed by atoms with Crippen LogP contribution >= 0.6 is 0 Å². The van der Waals surface area contributed by atoms with E-state index in [-0.39, 0.29) is 18.0 Å². The van der Waals surface area contributed by atoms with Crippen LogP contribution in [0.4, 0.5) is 22.0 Å². The molecule has 1 saturated heterocycles. The minimum Gasteiger partial charge on any atom is -0.306 e. The molecule has 3 aromatic rings. The van der Waals surface area contributed by atoms with Crippen LogP contribution in [0, 0.1) is 11.6 Å². The third-order valence-electron chi connectivity index (χ3n) is 6.51. The van der Waals surface area contributed by atoms with E-state index < -0.39 is 55.9 Å². The summed E-state index contributed by atoms with van der Waals surface area (Å²) in [4.78, 5) is 14.8. The fourth-order valence-corrected chi connectivity index (χ4v) is 5.51. The third-order valence-corrected chi connectivity index (χ3v) is 7.87. The van der Waals surface area contributed by atoms with Gasteiger partial charge in [0.15, 0.2) is 0 Å². The molecule has 1 amide bonds. The molecule has 1 atom stereocenters. The highest BCUT2D eigenvalue weighted by molar-refractivity contribution is 7.90. The van der Waals surface area contributed by atoms with Gasteiger partial charge < -0.3 is 5.32 Å². The van der Waals surface area contributed by atoms with Crippen molar-refractivity contribution in [3.8, 4) is 5.69 Å². The monoisotopic (exact) mass is 555 g/mol. The van der Waals surface area contributed by atoms with Crippen LogP contribution in [0.2, 0.25) is 0 Å².